The Morgan fingerprint density at radius 1 is 1.00 bits per heavy atom. The van der Waals surface area contributed by atoms with Crippen LogP contribution in [0.5, 0.6) is 5.75 Å². The van der Waals surface area contributed by atoms with Gasteiger partial charge in [0.15, 0.2) is 0 Å². The maximum Gasteiger partial charge on any atom is 0.311 e. The molecule has 0 N–H and O–H groups in total. The third-order valence-electron chi connectivity index (χ3n) is 5.21. The van der Waals surface area contributed by atoms with Gasteiger partial charge in [0.1, 0.15) is 5.75 Å². The van der Waals surface area contributed by atoms with Crippen LogP contribution in [0.15, 0.2) is 65.6 Å². The lowest BCUT2D eigenvalue weighted by molar-refractivity contribution is -0.136. The fraction of sp³-hybridized carbons (Fsp3) is 0.269. The summed E-state index contributed by atoms with van der Waals surface area (Å²) in [7, 11) is 0. The molecule has 0 aliphatic rings. The number of thioether (sulfide) groups is 1. The smallest absolute Gasteiger partial charge is 0.311 e. The van der Waals surface area contributed by atoms with E-state index in [0.29, 0.717) is 18.7 Å². The summed E-state index contributed by atoms with van der Waals surface area (Å²) >= 11 is 7.70. The molecule has 5 heteroatoms. The summed E-state index contributed by atoms with van der Waals surface area (Å²) in [6.07, 6.45) is 2.40. The van der Waals surface area contributed by atoms with Crippen LogP contribution in [0.25, 0.3) is 21.8 Å². The van der Waals surface area contributed by atoms with Crippen LogP contribution in [0, 0.1) is 5.41 Å². The number of esters is 1. The number of ether oxygens (including phenoxy) is 1. The molecule has 0 fully saturated rings. The molecule has 0 spiro atoms. The number of carbonyl (C=O) groups is 1. The molecule has 0 radical (unpaired) electrons. The van der Waals surface area contributed by atoms with Gasteiger partial charge in [0.2, 0.25) is 0 Å². The molecule has 1 heterocycles. The summed E-state index contributed by atoms with van der Waals surface area (Å²) in [6.45, 7) is 6.82. The van der Waals surface area contributed by atoms with Crippen LogP contribution in [0.3, 0.4) is 0 Å². The van der Waals surface area contributed by atoms with E-state index in [1.807, 2.05) is 45.2 Å². The van der Waals surface area contributed by atoms with Crippen molar-refractivity contribution in [1.82, 2.24) is 4.57 Å². The van der Waals surface area contributed by atoms with E-state index in [2.05, 4.69) is 47.0 Å². The standard InChI is InChI=1S/C26H26ClNO2S/c1-26(2,3)15-23(29)30-22-14-13-20-19-7-5-6-8-21(19)28(24(20)25(22)31-4)16-17-9-11-18(27)12-10-17/h5-14H,15-16H2,1-4H3. The summed E-state index contributed by atoms with van der Waals surface area (Å²) in [6, 6.07) is 20.3. The molecule has 3 nitrogen and oxygen atoms in total. The summed E-state index contributed by atoms with van der Waals surface area (Å²) in [4.78, 5) is 13.5. The number of nitrogens with zero attached hydrogens (tertiary/aromatic N) is 1. The van der Waals surface area contributed by atoms with Gasteiger partial charge in [0.25, 0.3) is 0 Å². The van der Waals surface area contributed by atoms with Crippen LogP contribution < -0.4 is 4.74 Å². The van der Waals surface area contributed by atoms with E-state index < -0.39 is 0 Å². The van der Waals surface area contributed by atoms with Crippen LogP contribution in [0.1, 0.15) is 32.8 Å². The van der Waals surface area contributed by atoms with Gasteiger partial charge in [-0.3, -0.25) is 4.79 Å². The molecule has 0 aliphatic heterocycles. The molecule has 0 atom stereocenters. The first-order valence-corrected chi connectivity index (χ1v) is 11.9. The maximum absolute atomic E-state index is 12.6. The van der Waals surface area contributed by atoms with Crippen molar-refractivity contribution in [2.75, 3.05) is 6.26 Å². The van der Waals surface area contributed by atoms with E-state index in [1.165, 1.54) is 5.39 Å². The Kier molecular flexibility index (Phi) is 6.05. The number of benzene rings is 3. The van der Waals surface area contributed by atoms with Crippen molar-refractivity contribution in [3.8, 4) is 5.75 Å². The molecule has 4 rings (SSSR count). The molecule has 1 aromatic heterocycles. The maximum atomic E-state index is 12.6. The molecule has 3 aromatic carbocycles. The Hall–Kier alpha value is -2.43. The van der Waals surface area contributed by atoms with Crippen LogP contribution in [0.2, 0.25) is 5.02 Å². The Bertz CT molecular complexity index is 1250. The van der Waals surface area contributed by atoms with Gasteiger partial charge in [-0.25, -0.2) is 0 Å². The molecular formula is C26H26ClNO2S. The second kappa shape index (κ2) is 8.60. The van der Waals surface area contributed by atoms with E-state index in [-0.39, 0.29) is 11.4 Å². The van der Waals surface area contributed by atoms with Crippen LogP contribution in [-0.2, 0) is 11.3 Å². The molecule has 0 bridgehead atoms. The molecule has 0 saturated heterocycles. The van der Waals surface area contributed by atoms with Crippen molar-refractivity contribution in [2.45, 2.75) is 38.6 Å². The number of rotatable bonds is 5. The lowest BCUT2D eigenvalue weighted by Crippen LogP contribution is -2.18. The van der Waals surface area contributed by atoms with Crippen LogP contribution >= 0.6 is 23.4 Å². The van der Waals surface area contributed by atoms with E-state index in [9.17, 15) is 4.79 Å². The van der Waals surface area contributed by atoms with Gasteiger partial charge in [-0.2, -0.15) is 0 Å². The molecule has 31 heavy (non-hydrogen) atoms. The van der Waals surface area contributed by atoms with Crippen molar-refractivity contribution < 1.29 is 9.53 Å². The lowest BCUT2D eigenvalue weighted by atomic mass is 9.92. The predicted molar refractivity (Wildman–Crippen MR) is 131 cm³/mol. The fourth-order valence-corrected chi connectivity index (χ4v) is 4.75. The number of para-hydroxylation sites is 1. The number of halogens is 1. The summed E-state index contributed by atoms with van der Waals surface area (Å²) in [5.74, 6) is 0.414. The summed E-state index contributed by atoms with van der Waals surface area (Å²) in [5, 5.41) is 3.07. The van der Waals surface area contributed by atoms with Gasteiger partial charge < -0.3 is 9.30 Å². The Morgan fingerprint density at radius 3 is 2.39 bits per heavy atom. The predicted octanol–water partition coefficient (Wildman–Crippen LogP) is 7.56. The second-order valence-electron chi connectivity index (χ2n) is 8.93. The van der Waals surface area contributed by atoms with Crippen molar-refractivity contribution in [2.24, 2.45) is 5.41 Å². The first-order chi connectivity index (χ1) is 14.8. The average molecular weight is 452 g/mol. The second-order valence-corrected chi connectivity index (χ2v) is 10.2. The monoisotopic (exact) mass is 451 g/mol. The molecule has 0 saturated carbocycles. The van der Waals surface area contributed by atoms with Crippen molar-refractivity contribution >= 4 is 51.1 Å². The highest BCUT2D eigenvalue weighted by Gasteiger charge is 2.22. The minimum Gasteiger partial charge on any atom is -0.425 e. The Balaban J connectivity index is 1.87. The zero-order valence-corrected chi connectivity index (χ0v) is 19.8. The zero-order valence-electron chi connectivity index (χ0n) is 18.2. The highest BCUT2D eigenvalue weighted by Crippen LogP contribution is 2.41. The van der Waals surface area contributed by atoms with E-state index in [1.54, 1.807) is 11.8 Å². The van der Waals surface area contributed by atoms with Gasteiger partial charge in [-0.1, -0.05) is 62.7 Å². The number of hydrogen-bond donors (Lipinski definition) is 0. The quantitative estimate of drug-likeness (QED) is 0.178. The SMILES string of the molecule is CSc1c(OC(=O)CC(C)(C)C)ccc2c3ccccc3n(Cc3ccc(Cl)cc3)c12. The van der Waals surface area contributed by atoms with Gasteiger partial charge >= 0.3 is 5.97 Å². The Labute approximate surface area is 192 Å². The first-order valence-electron chi connectivity index (χ1n) is 10.3. The third kappa shape index (κ3) is 4.60. The highest BCUT2D eigenvalue weighted by atomic mass is 35.5. The molecule has 0 unspecified atom stereocenters. The summed E-state index contributed by atoms with van der Waals surface area (Å²) < 4.78 is 8.15. The van der Waals surface area contributed by atoms with E-state index >= 15 is 0 Å². The third-order valence-corrected chi connectivity index (χ3v) is 6.26. The largest absolute Gasteiger partial charge is 0.425 e. The Morgan fingerprint density at radius 2 is 1.71 bits per heavy atom. The van der Waals surface area contributed by atoms with Crippen molar-refractivity contribution in [3.63, 3.8) is 0 Å². The van der Waals surface area contributed by atoms with Gasteiger partial charge in [0.05, 0.1) is 16.8 Å². The van der Waals surface area contributed by atoms with E-state index in [0.717, 1.165) is 31.9 Å². The lowest BCUT2D eigenvalue weighted by Gasteiger charge is -2.18. The number of aromatic nitrogens is 1. The number of hydrogen-bond acceptors (Lipinski definition) is 3. The topological polar surface area (TPSA) is 31.2 Å². The van der Waals surface area contributed by atoms with Crippen LogP contribution in [0.4, 0.5) is 0 Å². The van der Waals surface area contributed by atoms with Crippen molar-refractivity contribution in [3.05, 3.63) is 71.2 Å². The highest BCUT2D eigenvalue weighted by molar-refractivity contribution is 7.99. The normalized spacial score (nSPS) is 11.9. The first kappa shape index (κ1) is 21.8. The zero-order chi connectivity index (χ0) is 22.2. The minimum atomic E-state index is -0.206. The van der Waals surface area contributed by atoms with Gasteiger partial charge in [-0.05, 0) is 47.6 Å². The molecule has 4 aromatic rings. The number of fused-ring (bicyclic) bond motifs is 3. The van der Waals surface area contributed by atoms with Gasteiger partial charge in [0, 0.05) is 27.9 Å². The molecule has 0 aliphatic carbocycles. The fourth-order valence-electron chi connectivity index (χ4n) is 3.90. The van der Waals surface area contributed by atoms with Crippen LogP contribution in [-0.4, -0.2) is 16.8 Å². The van der Waals surface area contributed by atoms with Gasteiger partial charge in [-0.15, -0.1) is 11.8 Å². The summed E-state index contributed by atoms with van der Waals surface area (Å²) in [5.41, 5.74) is 3.28. The minimum absolute atomic E-state index is 0.121. The molecular weight excluding hydrogens is 426 g/mol. The van der Waals surface area contributed by atoms with Crippen molar-refractivity contribution in [1.29, 1.82) is 0 Å². The average Bonchev–Trinajstić information content (AvgIpc) is 3.02. The number of carbonyl (C=O) groups excluding carboxylic acids is 1. The molecule has 0 amide bonds. The van der Waals surface area contributed by atoms with E-state index in [4.69, 9.17) is 16.3 Å². The molecule has 160 valence electrons.